The molecule has 3 heterocycles. The summed E-state index contributed by atoms with van der Waals surface area (Å²) in [5.41, 5.74) is 0. The molecule has 1 aromatic heterocycles. The van der Waals surface area contributed by atoms with Gasteiger partial charge in [0.2, 0.25) is 5.91 Å². The number of rotatable bonds is 4. The average molecular weight is 333 g/mol. The zero-order valence-corrected chi connectivity index (χ0v) is 14.6. The SMILES string of the molecule is CN(C)c1cc(N2CCCC(C(=O)NC3CCOCC3)C2)ncn1. The van der Waals surface area contributed by atoms with E-state index in [9.17, 15) is 4.79 Å². The van der Waals surface area contributed by atoms with Gasteiger partial charge in [-0.3, -0.25) is 4.79 Å². The van der Waals surface area contributed by atoms with Gasteiger partial charge in [-0.1, -0.05) is 0 Å². The zero-order valence-electron chi connectivity index (χ0n) is 14.6. The van der Waals surface area contributed by atoms with Gasteiger partial charge in [-0.05, 0) is 25.7 Å². The molecule has 132 valence electrons. The van der Waals surface area contributed by atoms with Crippen LogP contribution in [0.25, 0.3) is 0 Å². The van der Waals surface area contributed by atoms with E-state index in [1.54, 1.807) is 6.33 Å². The second kappa shape index (κ2) is 7.79. The molecule has 0 saturated carbocycles. The Balaban J connectivity index is 1.61. The Kier molecular flexibility index (Phi) is 5.50. The van der Waals surface area contributed by atoms with Gasteiger partial charge in [-0.15, -0.1) is 0 Å². The molecule has 0 spiro atoms. The summed E-state index contributed by atoms with van der Waals surface area (Å²) in [6, 6.07) is 2.25. The van der Waals surface area contributed by atoms with Gasteiger partial charge >= 0.3 is 0 Å². The minimum Gasteiger partial charge on any atom is -0.381 e. The Morgan fingerprint density at radius 2 is 2.08 bits per heavy atom. The lowest BCUT2D eigenvalue weighted by Crippen LogP contribution is -2.47. The van der Waals surface area contributed by atoms with E-state index < -0.39 is 0 Å². The van der Waals surface area contributed by atoms with E-state index in [4.69, 9.17) is 4.74 Å². The fourth-order valence-electron chi connectivity index (χ4n) is 3.31. The van der Waals surface area contributed by atoms with Gasteiger partial charge in [0.25, 0.3) is 0 Å². The Morgan fingerprint density at radius 1 is 1.29 bits per heavy atom. The summed E-state index contributed by atoms with van der Waals surface area (Å²) in [7, 11) is 3.93. The van der Waals surface area contributed by atoms with E-state index in [0.29, 0.717) is 0 Å². The van der Waals surface area contributed by atoms with E-state index in [2.05, 4.69) is 20.2 Å². The van der Waals surface area contributed by atoms with E-state index in [1.165, 1.54) is 0 Å². The number of hydrogen-bond acceptors (Lipinski definition) is 6. The highest BCUT2D eigenvalue weighted by Crippen LogP contribution is 2.24. The second-order valence-electron chi connectivity index (χ2n) is 6.81. The monoisotopic (exact) mass is 333 g/mol. The first-order valence-electron chi connectivity index (χ1n) is 8.76. The highest BCUT2D eigenvalue weighted by Gasteiger charge is 2.28. The molecule has 1 atom stereocenters. The van der Waals surface area contributed by atoms with Crippen molar-refractivity contribution in [1.29, 1.82) is 0 Å². The van der Waals surface area contributed by atoms with Gasteiger partial charge in [0, 0.05) is 52.5 Å². The predicted molar refractivity (Wildman–Crippen MR) is 93.3 cm³/mol. The van der Waals surface area contributed by atoms with Gasteiger partial charge in [-0.25, -0.2) is 9.97 Å². The Morgan fingerprint density at radius 3 is 2.83 bits per heavy atom. The third kappa shape index (κ3) is 4.14. The average Bonchev–Trinajstić information content (AvgIpc) is 2.63. The van der Waals surface area contributed by atoms with Gasteiger partial charge in [0.05, 0.1) is 5.92 Å². The molecule has 7 heteroatoms. The van der Waals surface area contributed by atoms with Crippen molar-refractivity contribution < 1.29 is 9.53 Å². The van der Waals surface area contributed by atoms with Crippen LogP contribution in [-0.2, 0) is 9.53 Å². The smallest absolute Gasteiger partial charge is 0.225 e. The molecule has 1 aromatic rings. The van der Waals surface area contributed by atoms with Crippen molar-refractivity contribution in [1.82, 2.24) is 15.3 Å². The van der Waals surface area contributed by atoms with E-state index >= 15 is 0 Å². The van der Waals surface area contributed by atoms with Crippen molar-refractivity contribution in [3.8, 4) is 0 Å². The van der Waals surface area contributed by atoms with Crippen molar-refractivity contribution in [3.05, 3.63) is 12.4 Å². The first-order chi connectivity index (χ1) is 11.6. The van der Waals surface area contributed by atoms with E-state index in [1.807, 2.05) is 25.1 Å². The van der Waals surface area contributed by atoms with E-state index in [0.717, 1.165) is 63.6 Å². The number of piperidine rings is 1. The molecule has 0 aliphatic carbocycles. The summed E-state index contributed by atoms with van der Waals surface area (Å²) in [6.45, 7) is 3.15. The summed E-state index contributed by atoms with van der Waals surface area (Å²) in [5, 5.41) is 3.20. The lowest BCUT2D eigenvalue weighted by molar-refractivity contribution is -0.126. The van der Waals surface area contributed by atoms with Crippen LogP contribution < -0.4 is 15.1 Å². The van der Waals surface area contributed by atoms with Crippen LogP contribution in [0.2, 0.25) is 0 Å². The number of carbonyl (C=O) groups excluding carboxylic acids is 1. The predicted octanol–water partition coefficient (Wildman–Crippen LogP) is 1.05. The minimum absolute atomic E-state index is 0.0272. The molecule has 0 radical (unpaired) electrons. The first kappa shape index (κ1) is 17.0. The number of aromatic nitrogens is 2. The normalized spacial score (nSPS) is 22.2. The molecular weight excluding hydrogens is 306 g/mol. The van der Waals surface area contributed by atoms with E-state index in [-0.39, 0.29) is 17.9 Å². The first-order valence-corrected chi connectivity index (χ1v) is 8.76. The van der Waals surface area contributed by atoms with Crippen molar-refractivity contribution in [3.63, 3.8) is 0 Å². The maximum Gasteiger partial charge on any atom is 0.225 e. The van der Waals surface area contributed by atoms with Crippen LogP contribution >= 0.6 is 0 Å². The molecule has 3 rings (SSSR count). The molecule has 2 aliphatic rings. The van der Waals surface area contributed by atoms with Crippen molar-refractivity contribution >= 4 is 17.5 Å². The molecule has 2 aliphatic heterocycles. The quantitative estimate of drug-likeness (QED) is 0.888. The third-order valence-corrected chi connectivity index (χ3v) is 4.78. The fraction of sp³-hybridized carbons (Fsp3) is 0.706. The molecule has 1 amide bonds. The lowest BCUT2D eigenvalue weighted by Gasteiger charge is -2.34. The van der Waals surface area contributed by atoms with Crippen LogP contribution in [0.4, 0.5) is 11.6 Å². The molecule has 24 heavy (non-hydrogen) atoms. The highest BCUT2D eigenvalue weighted by molar-refractivity contribution is 5.80. The Bertz CT molecular complexity index is 560. The fourth-order valence-corrected chi connectivity index (χ4v) is 3.31. The standard InChI is InChI=1S/C17H27N5O2/c1-21(2)15-10-16(19-12-18-15)22-7-3-4-13(11-22)17(23)20-14-5-8-24-9-6-14/h10,12-14H,3-9,11H2,1-2H3,(H,20,23). The molecule has 1 unspecified atom stereocenters. The van der Waals surface area contributed by atoms with Crippen LogP contribution in [0.1, 0.15) is 25.7 Å². The number of nitrogens with one attached hydrogen (secondary N) is 1. The number of carbonyl (C=O) groups is 1. The number of anilines is 2. The molecule has 0 aromatic carbocycles. The van der Waals surface area contributed by atoms with Gasteiger partial charge in [0.15, 0.2) is 0 Å². The topological polar surface area (TPSA) is 70.6 Å². The number of hydrogen-bond donors (Lipinski definition) is 1. The van der Waals surface area contributed by atoms with Gasteiger partial charge in [0.1, 0.15) is 18.0 Å². The van der Waals surface area contributed by atoms with Gasteiger partial charge < -0.3 is 19.9 Å². The van der Waals surface area contributed by atoms with Gasteiger partial charge in [-0.2, -0.15) is 0 Å². The minimum atomic E-state index is 0.0272. The number of nitrogens with zero attached hydrogens (tertiary/aromatic N) is 4. The maximum atomic E-state index is 12.6. The molecule has 0 bridgehead atoms. The highest BCUT2D eigenvalue weighted by atomic mass is 16.5. The van der Waals surface area contributed by atoms with Crippen molar-refractivity contribution in [2.24, 2.45) is 5.92 Å². The largest absolute Gasteiger partial charge is 0.381 e. The summed E-state index contributed by atoms with van der Waals surface area (Å²) >= 11 is 0. The third-order valence-electron chi connectivity index (χ3n) is 4.78. The molecule has 1 N–H and O–H groups in total. The Labute approximate surface area is 143 Å². The zero-order chi connectivity index (χ0) is 16.9. The molecular formula is C17H27N5O2. The van der Waals surface area contributed by atoms with Crippen LogP contribution in [0.15, 0.2) is 12.4 Å². The van der Waals surface area contributed by atoms with Crippen LogP contribution in [-0.4, -0.2) is 62.3 Å². The van der Waals surface area contributed by atoms with Crippen LogP contribution in [0.3, 0.4) is 0 Å². The summed E-state index contributed by atoms with van der Waals surface area (Å²) in [5.74, 6) is 1.99. The molecule has 2 fully saturated rings. The summed E-state index contributed by atoms with van der Waals surface area (Å²) < 4.78 is 5.35. The number of amides is 1. The molecule has 2 saturated heterocycles. The summed E-state index contributed by atoms with van der Waals surface area (Å²) in [4.78, 5) is 25.4. The summed E-state index contributed by atoms with van der Waals surface area (Å²) in [6.07, 6.45) is 5.38. The van der Waals surface area contributed by atoms with Crippen molar-refractivity contribution in [2.45, 2.75) is 31.7 Å². The Hall–Kier alpha value is -1.89. The maximum absolute atomic E-state index is 12.6. The van der Waals surface area contributed by atoms with Crippen LogP contribution in [0.5, 0.6) is 0 Å². The lowest BCUT2D eigenvalue weighted by atomic mass is 9.96. The van der Waals surface area contributed by atoms with Crippen LogP contribution in [0, 0.1) is 5.92 Å². The van der Waals surface area contributed by atoms with Crippen molar-refractivity contribution in [2.75, 3.05) is 50.2 Å². The second-order valence-corrected chi connectivity index (χ2v) is 6.81. The molecule has 7 nitrogen and oxygen atoms in total. The number of ether oxygens (including phenoxy) is 1.